The first-order chi connectivity index (χ1) is 16.7. The second kappa shape index (κ2) is 11.4. The molecule has 5 unspecified atom stereocenters. The zero-order chi connectivity index (χ0) is 25.7. The number of allylic oxidation sites excluding steroid dienone is 1. The van der Waals surface area contributed by atoms with Crippen molar-refractivity contribution in [3.8, 4) is 28.7 Å². The summed E-state index contributed by atoms with van der Waals surface area (Å²) >= 11 is 0. The number of phenolic OH excluding ortho intramolecular Hbond substituents is 1. The number of rotatable bonds is 9. The molecule has 2 aromatic rings. The van der Waals surface area contributed by atoms with Gasteiger partial charge in [-0.1, -0.05) is 12.1 Å². The fourth-order valence-corrected chi connectivity index (χ4v) is 3.53. The zero-order valence-electron chi connectivity index (χ0n) is 19.3. The Kier molecular flexibility index (Phi) is 8.54. The number of ether oxygens (including phenoxy) is 5. The van der Waals surface area contributed by atoms with E-state index in [1.165, 1.54) is 51.7 Å². The molecule has 11 heteroatoms. The number of aromatic hydroxyl groups is 1. The highest BCUT2D eigenvalue weighted by molar-refractivity contribution is 6.10. The largest absolute Gasteiger partial charge is 0.507 e. The molecule has 35 heavy (non-hydrogen) atoms. The standard InChI is InChI=1S/C24H28O11/c1-31-13-9-15(27)20(18(10-13)33-3)14(26)6-4-12-5-7-16(17(8-12)32-2)34-24-23(30)22(29)21(28)19(11-25)35-24/h4-10,19,21-25,27-30H,11H2,1-3H3. The number of phenols is 1. The van der Waals surface area contributed by atoms with Crippen molar-refractivity contribution in [2.75, 3.05) is 27.9 Å². The van der Waals surface area contributed by atoms with Gasteiger partial charge in [0.05, 0.1) is 27.9 Å². The summed E-state index contributed by atoms with van der Waals surface area (Å²) in [4.78, 5) is 12.7. The molecule has 0 aliphatic carbocycles. The maximum Gasteiger partial charge on any atom is 0.229 e. The summed E-state index contributed by atoms with van der Waals surface area (Å²) in [6.45, 7) is -0.589. The number of hydrogen-bond acceptors (Lipinski definition) is 11. The lowest BCUT2D eigenvalue weighted by atomic mass is 9.99. The summed E-state index contributed by atoms with van der Waals surface area (Å²) in [7, 11) is 4.18. The highest BCUT2D eigenvalue weighted by Gasteiger charge is 2.44. The van der Waals surface area contributed by atoms with Gasteiger partial charge in [-0.2, -0.15) is 0 Å². The molecule has 0 saturated carbocycles. The second-order valence-electron chi connectivity index (χ2n) is 7.65. The second-order valence-corrected chi connectivity index (χ2v) is 7.65. The van der Waals surface area contributed by atoms with Gasteiger partial charge in [0.15, 0.2) is 17.3 Å². The van der Waals surface area contributed by atoms with Crippen LogP contribution in [0.1, 0.15) is 15.9 Å². The molecule has 0 amide bonds. The van der Waals surface area contributed by atoms with Gasteiger partial charge in [0.1, 0.15) is 47.2 Å². The van der Waals surface area contributed by atoms with Crippen LogP contribution in [0.15, 0.2) is 36.4 Å². The normalized spacial score (nSPS) is 24.3. The van der Waals surface area contributed by atoms with Crippen LogP contribution in [0.25, 0.3) is 6.08 Å². The molecule has 0 bridgehead atoms. The summed E-state index contributed by atoms with van der Waals surface area (Å²) in [6.07, 6.45) is -4.44. The molecule has 1 saturated heterocycles. The van der Waals surface area contributed by atoms with E-state index < -0.39 is 43.1 Å². The number of hydrogen-bond donors (Lipinski definition) is 5. The van der Waals surface area contributed by atoms with E-state index in [-0.39, 0.29) is 28.6 Å². The molecule has 11 nitrogen and oxygen atoms in total. The van der Waals surface area contributed by atoms with Crippen molar-refractivity contribution in [1.82, 2.24) is 0 Å². The number of ketones is 1. The van der Waals surface area contributed by atoms with E-state index in [0.717, 1.165) is 0 Å². The lowest BCUT2D eigenvalue weighted by Crippen LogP contribution is -2.60. The highest BCUT2D eigenvalue weighted by Crippen LogP contribution is 2.35. The number of aliphatic hydroxyl groups is 4. The maximum absolute atomic E-state index is 12.7. The first-order valence-electron chi connectivity index (χ1n) is 10.6. The Hall–Kier alpha value is -3.35. The van der Waals surface area contributed by atoms with E-state index in [2.05, 4.69) is 0 Å². The van der Waals surface area contributed by atoms with Crippen molar-refractivity contribution < 1.29 is 54.0 Å². The van der Waals surface area contributed by atoms with Crippen molar-refractivity contribution in [2.24, 2.45) is 0 Å². The minimum atomic E-state index is -1.59. The van der Waals surface area contributed by atoms with E-state index in [4.69, 9.17) is 23.7 Å². The van der Waals surface area contributed by atoms with E-state index in [0.29, 0.717) is 11.3 Å². The Balaban J connectivity index is 1.79. The molecule has 0 aromatic heterocycles. The Labute approximate surface area is 201 Å². The van der Waals surface area contributed by atoms with Crippen LogP contribution >= 0.6 is 0 Å². The smallest absolute Gasteiger partial charge is 0.229 e. The maximum atomic E-state index is 12.7. The van der Waals surface area contributed by atoms with E-state index in [1.807, 2.05) is 0 Å². The molecule has 0 radical (unpaired) electrons. The summed E-state index contributed by atoms with van der Waals surface area (Å²) in [6, 6.07) is 7.42. The van der Waals surface area contributed by atoms with Gasteiger partial charge >= 0.3 is 0 Å². The molecule has 1 fully saturated rings. The molecule has 3 rings (SSSR count). The average molecular weight is 492 g/mol. The van der Waals surface area contributed by atoms with Crippen LogP contribution in [-0.2, 0) is 4.74 Å². The minimum Gasteiger partial charge on any atom is -0.507 e. The lowest BCUT2D eigenvalue weighted by molar-refractivity contribution is -0.277. The summed E-state index contributed by atoms with van der Waals surface area (Å²) < 4.78 is 26.6. The highest BCUT2D eigenvalue weighted by atomic mass is 16.7. The molecule has 5 N–H and O–H groups in total. The Morgan fingerprint density at radius 3 is 2.29 bits per heavy atom. The number of methoxy groups -OCH3 is 3. The van der Waals surface area contributed by atoms with E-state index in [9.17, 15) is 30.3 Å². The van der Waals surface area contributed by atoms with E-state index in [1.54, 1.807) is 12.1 Å². The van der Waals surface area contributed by atoms with Gasteiger partial charge in [0.25, 0.3) is 0 Å². The van der Waals surface area contributed by atoms with Crippen LogP contribution < -0.4 is 18.9 Å². The summed E-state index contributed by atoms with van der Waals surface area (Å²) in [5.41, 5.74) is 0.516. The third-order valence-corrected chi connectivity index (χ3v) is 5.46. The number of benzene rings is 2. The number of aliphatic hydroxyl groups excluding tert-OH is 4. The Morgan fingerprint density at radius 1 is 0.943 bits per heavy atom. The van der Waals surface area contributed by atoms with Gasteiger partial charge in [-0.25, -0.2) is 0 Å². The van der Waals surface area contributed by atoms with Gasteiger partial charge in [-0.3, -0.25) is 4.79 Å². The van der Waals surface area contributed by atoms with Gasteiger partial charge in [-0.15, -0.1) is 0 Å². The molecule has 1 heterocycles. The fourth-order valence-electron chi connectivity index (χ4n) is 3.53. The molecule has 2 aromatic carbocycles. The monoisotopic (exact) mass is 492 g/mol. The molecule has 190 valence electrons. The van der Waals surface area contributed by atoms with Crippen LogP contribution in [0.4, 0.5) is 0 Å². The Bertz CT molecular complexity index is 1070. The molecule has 1 aliphatic rings. The van der Waals surface area contributed by atoms with Crippen LogP contribution in [0, 0.1) is 0 Å². The zero-order valence-corrected chi connectivity index (χ0v) is 19.3. The van der Waals surface area contributed by atoms with Gasteiger partial charge in [0.2, 0.25) is 6.29 Å². The molecule has 5 atom stereocenters. The van der Waals surface area contributed by atoms with Crippen LogP contribution in [0.5, 0.6) is 28.7 Å². The number of carbonyl (C=O) groups is 1. The van der Waals surface area contributed by atoms with Crippen LogP contribution in [-0.4, -0.2) is 90.0 Å². The first kappa shape index (κ1) is 26.3. The molecule has 1 aliphatic heterocycles. The van der Waals surface area contributed by atoms with Crippen molar-refractivity contribution in [1.29, 1.82) is 0 Å². The molecule has 0 spiro atoms. The lowest BCUT2D eigenvalue weighted by Gasteiger charge is -2.39. The Morgan fingerprint density at radius 2 is 1.66 bits per heavy atom. The predicted octanol–water partition coefficient (Wildman–Crippen LogP) is 0.493. The number of carbonyl (C=O) groups excluding carboxylic acids is 1. The third kappa shape index (κ3) is 5.66. The predicted molar refractivity (Wildman–Crippen MR) is 122 cm³/mol. The van der Waals surface area contributed by atoms with Gasteiger partial charge in [0, 0.05) is 12.1 Å². The SMILES string of the molecule is COc1cc(O)c(C(=O)C=Cc2ccc(OC3OC(CO)C(O)C(O)C3O)c(OC)c2)c(OC)c1. The average Bonchev–Trinajstić information content (AvgIpc) is 2.87. The van der Waals surface area contributed by atoms with Gasteiger partial charge in [-0.05, 0) is 23.8 Å². The quantitative estimate of drug-likeness (QED) is 0.244. The van der Waals surface area contributed by atoms with Crippen LogP contribution in [0.2, 0.25) is 0 Å². The van der Waals surface area contributed by atoms with Crippen molar-refractivity contribution in [2.45, 2.75) is 30.7 Å². The van der Waals surface area contributed by atoms with Crippen molar-refractivity contribution in [3.63, 3.8) is 0 Å². The topological polar surface area (TPSA) is 164 Å². The fraction of sp³-hybridized carbons (Fsp3) is 0.375. The van der Waals surface area contributed by atoms with Crippen molar-refractivity contribution >= 4 is 11.9 Å². The van der Waals surface area contributed by atoms with Gasteiger partial charge < -0.3 is 49.2 Å². The summed E-state index contributed by atoms with van der Waals surface area (Å²) in [5.74, 6) is 0.0486. The first-order valence-corrected chi connectivity index (χ1v) is 10.6. The molecular weight excluding hydrogens is 464 g/mol. The van der Waals surface area contributed by atoms with Crippen LogP contribution in [0.3, 0.4) is 0 Å². The minimum absolute atomic E-state index is 0.0286. The van der Waals surface area contributed by atoms with Crippen molar-refractivity contribution in [3.05, 3.63) is 47.5 Å². The van der Waals surface area contributed by atoms with E-state index >= 15 is 0 Å². The summed E-state index contributed by atoms with van der Waals surface area (Å²) in [5, 5.41) is 49.6. The third-order valence-electron chi connectivity index (χ3n) is 5.46. The molecular formula is C24H28O11.